The van der Waals surface area contributed by atoms with Gasteiger partial charge in [-0.15, -0.1) is 11.3 Å². The van der Waals surface area contributed by atoms with Crippen LogP contribution in [-0.4, -0.2) is 49.6 Å². The van der Waals surface area contributed by atoms with Crippen molar-refractivity contribution in [1.29, 1.82) is 0 Å². The number of thiophene rings is 1. The summed E-state index contributed by atoms with van der Waals surface area (Å²) in [5.41, 5.74) is 1.72. The molecule has 1 aromatic heterocycles. The van der Waals surface area contributed by atoms with E-state index in [4.69, 9.17) is 0 Å². The van der Waals surface area contributed by atoms with E-state index in [1.807, 2.05) is 6.07 Å². The molecule has 5 nitrogen and oxygen atoms in total. The maximum atomic E-state index is 13.0. The Labute approximate surface area is 169 Å². The molecule has 0 spiro atoms. The number of ketones is 1. The summed E-state index contributed by atoms with van der Waals surface area (Å²) in [6, 6.07) is 14.7. The Bertz CT molecular complexity index is 1110. The average molecular weight is 415 g/mol. The van der Waals surface area contributed by atoms with Crippen LogP contribution in [0.2, 0.25) is 0 Å². The first-order valence-electron chi connectivity index (χ1n) is 9.24. The van der Waals surface area contributed by atoms with Crippen LogP contribution in [0.15, 0.2) is 58.8 Å². The summed E-state index contributed by atoms with van der Waals surface area (Å²) < 4.78 is 28.7. The lowest BCUT2D eigenvalue weighted by Crippen LogP contribution is -2.48. The minimum atomic E-state index is -3.58. The summed E-state index contributed by atoms with van der Waals surface area (Å²) >= 11 is 1.75. The highest BCUT2D eigenvalue weighted by Crippen LogP contribution is 2.27. The van der Waals surface area contributed by atoms with Crippen LogP contribution in [-0.2, 0) is 16.6 Å². The average Bonchev–Trinajstić information content (AvgIpc) is 3.11. The molecule has 28 heavy (non-hydrogen) atoms. The number of sulfonamides is 1. The molecule has 0 bridgehead atoms. The SMILES string of the molecule is CC(=O)c1cccc(S(=O)(=O)N2CCN(Cc3csc4ccccc34)CC2)c1. The molecule has 146 valence electrons. The van der Waals surface area contributed by atoms with E-state index in [1.165, 1.54) is 32.9 Å². The molecule has 0 radical (unpaired) electrons. The number of piperazine rings is 1. The van der Waals surface area contributed by atoms with Crippen molar-refractivity contribution in [3.63, 3.8) is 0 Å². The van der Waals surface area contributed by atoms with E-state index in [-0.39, 0.29) is 10.7 Å². The highest BCUT2D eigenvalue weighted by molar-refractivity contribution is 7.89. The van der Waals surface area contributed by atoms with Gasteiger partial charge in [0, 0.05) is 43.0 Å². The fourth-order valence-corrected chi connectivity index (χ4v) is 5.97. The quantitative estimate of drug-likeness (QED) is 0.599. The Morgan fingerprint density at radius 1 is 1.04 bits per heavy atom. The van der Waals surface area contributed by atoms with Crippen LogP contribution < -0.4 is 0 Å². The minimum absolute atomic E-state index is 0.134. The molecule has 4 rings (SSSR count). The number of hydrogen-bond donors (Lipinski definition) is 0. The number of benzene rings is 2. The molecule has 0 amide bonds. The van der Waals surface area contributed by atoms with Gasteiger partial charge >= 0.3 is 0 Å². The first-order valence-corrected chi connectivity index (χ1v) is 11.6. The lowest BCUT2D eigenvalue weighted by Gasteiger charge is -2.34. The summed E-state index contributed by atoms with van der Waals surface area (Å²) in [6.07, 6.45) is 0. The fraction of sp³-hybridized carbons (Fsp3) is 0.286. The third-order valence-electron chi connectivity index (χ3n) is 5.16. The summed E-state index contributed by atoms with van der Waals surface area (Å²) in [5.74, 6) is -0.134. The summed E-state index contributed by atoms with van der Waals surface area (Å²) in [5, 5.41) is 3.48. The Morgan fingerprint density at radius 3 is 2.54 bits per heavy atom. The lowest BCUT2D eigenvalue weighted by molar-refractivity contribution is 0.101. The summed E-state index contributed by atoms with van der Waals surface area (Å²) in [6.45, 7) is 4.56. The number of nitrogens with zero attached hydrogens (tertiary/aromatic N) is 2. The second-order valence-corrected chi connectivity index (χ2v) is 9.87. The molecule has 1 aliphatic heterocycles. The van der Waals surface area contributed by atoms with E-state index in [0.29, 0.717) is 31.7 Å². The van der Waals surface area contributed by atoms with Gasteiger partial charge in [0.15, 0.2) is 5.78 Å². The van der Waals surface area contributed by atoms with Gasteiger partial charge in [0.2, 0.25) is 10.0 Å². The molecular formula is C21H22N2O3S2. The van der Waals surface area contributed by atoms with Crippen LogP contribution in [0.4, 0.5) is 0 Å². The number of hydrogen-bond acceptors (Lipinski definition) is 5. The molecule has 1 aliphatic rings. The maximum Gasteiger partial charge on any atom is 0.243 e. The molecular weight excluding hydrogens is 392 g/mol. The Kier molecular flexibility index (Phi) is 5.33. The molecule has 7 heteroatoms. The van der Waals surface area contributed by atoms with E-state index in [2.05, 4.69) is 28.5 Å². The second-order valence-electron chi connectivity index (χ2n) is 7.02. The van der Waals surface area contributed by atoms with Gasteiger partial charge in [-0.3, -0.25) is 9.69 Å². The minimum Gasteiger partial charge on any atom is -0.296 e. The maximum absolute atomic E-state index is 13.0. The highest BCUT2D eigenvalue weighted by Gasteiger charge is 2.29. The molecule has 3 aromatic rings. The zero-order chi connectivity index (χ0) is 19.7. The number of carbonyl (C=O) groups is 1. The van der Waals surface area contributed by atoms with Crippen molar-refractivity contribution in [3.8, 4) is 0 Å². The van der Waals surface area contributed by atoms with Crippen molar-refractivity contribution >= 4 is 37.2 Å². The van der Waals surface area contributed by atoms with Crippen molar-refractivity contribution in [2.24, 2.45) is 0 Å². The molecule has 0 unspecified atom stereocenters. The molecule has 0 aliphatic carbocycles. The van der Waals surface area contributed by atoms with E-state index >= 15 is 0 Å². The van der Waals surface area contributed by atoms with Crippen molar-refractivity contribution in [3.05, 3.63) is 65.0 Å². The van der Waals surface area contributed by atoms with Gasteiger partial charge in [-0.05, 0) is 41.5 Å². The van der Waals surface area contributed by atoms with E-state index in [1.54, 1.807) is 29.5 Å². The molecule has 0 atom stereocenters. The molecule has 2 heterocycles. The largest absolute Gasteiger partial charge is 0.296 e. The van der Waals surface area contributed by atoms with Crippen LogP contribution in [0.1, 0.15) is 22.8 Å². The summed E-state index contributed by atoms with van der Waals surface area (Å²) in [4.78, 5) is 14.1. The van der Waals surface area contributed by atoms with E-state index < -0.39 is 10.0 Å². The smallest absolute Gasteiger partial charge is 0.243 e. The zero-order valence-corrected chi connectivity index (χ0v) is 17.3. The standard InChI is InChI=1S/C21H22N2O3S2/c1-16(24)17-5-4-6-19(13-17)28(25,26)23-11-9-22(10-12-23)14-18-15-27-21-8-3-2-7-20(18)21/h2-8,13,15H,9-12,14H2,1H3. The third kappa shape index (κ3) is 3.75. The van der Waals surface area contributed by atoms with Gasteiger partial charge in [0.05, 0.1) is 4.90 Å². The number of fused-ring (bicyclic) bond motifs is 1. The van der Waals surface area contributed by atoms with Crippen LogP contribution in [0.5, 0.6) is 0 Å². The Morgan fingerprint density at radius 2 is 1.79 bits per heavy atom. The highest BCUT2D eigenvalue weighted by atomic mass is 32.2. The van der Waals surface area contributed by atoms with Crippen molar-refractivity contribution in [2.75, 3.05) is 26.2 Å². The second kappa shape index (κ2) is 7.75. The van der Waals surface area contributed by atoms with E-state index in [9.17, 15) is 13.2 Å². The normalized spacial score (nSPS) is 16.5. The summed E-state index contributed by atoms with van der Waals surface area (Å²) in [7, 11) is -3.58. The first-order chi connectivity index (χ1) is 13.4. The Balaban J connectivity index is 1.45. The van der Waals surface area contributed by atoms with Gasteiger partial charge in [-0.1, -0.05) is 30.3 Å². The lowest BCUT2D eigenvalue weighted by atomic mass is 10.1. The van der Waals surface area contributed by atoms with Gasteiger partial charge in [-0.25, -0.2) is 8.42 Å². The number of carbonyl (C=O) groups excluding carboxylic acids is 1. The van der Waals surface area contributed by atoms with Gasteiger partial charge in [0.25, 0.3) is 0 Å². The van der Waals surface area contributed by atoms with Crippen molar-refractivity contribution in [1.82, 2.24) is 9.21 Å². The van der Waals surface area contributed by atoms with Crippen molar-refractivity contribution in [2.45, 2.75) is 18.4 Å². The van der Waals surface area contributed by atoms with Gasteiger partial charge < -0.3 is 0 Å². The van der Waals surface area contributed by atoms with Gasteiger partial charge in [-0.2, -0.15) is 4.31 Å². The van der Waals surface area contributed by atoms with Crippen LogP contribution >= 0.6 is 11.3 Å². The monoisotopic (exact) mass is 414 g/mol. The number of Topliss-reactive ketones (excluding diaryl/α,β-unsaturated/α-hetero) is 1. The predicted octanol–water partition coefficient (Wildman–Crippen LogP) is 3.61. The van der Waals surface area contributed by atoms with E-state index in [0.717, 1.165) is 6.54 Å². The molecule has 0 saturated carbocycles. The third-order valence-corrected chi connectivity index (χ3v) is 8.07. The van der Waals surface area contributed by atoms with Crippen molar-refractivity contribution < 1.29 is 13.2 Å². The van der Waals surface area contributed by atoms with Crippen LogP contribution in [0.3, 0.4) is 0 Å². The van der Waals surface area contributed by atoms with Crippen LogP contribution in [0, 0.1) is 0 Å². The van der Waals surface area contributed by atoms with Crippen LogP contribution in [0.25, 0.3) is 10.1 Å². The Hall–Kier alpha value is -2.06. The molecule has 2 aromatic carbocycles. The molecule has 1 fully saturated rings. The molecule has 0 N–H and O–H groups in total. The fourth-order valence-electron chi connectivity index (χ4n) is 3.55. The zero-order valence-electron chi connectivity index (χ0n) is 15.7. The molecule has 1 saturated heterocycles. The van der Waals surface area contributed by atoms with Gasteiger partial charge in [0.1, 0.15) is 0 Å². The predicted molar refractivity (Wildman–Crippen MR) is 112 cm³/mol. The first kappa shape index (κ1) is 19.3. The topological polar surface area (TPSA) is 57.7 Å². The number of rotatable bonds is 5.